The molecule has 2 atom stereocenters. The minimum Gasteiger partial charge on any atom is -0.476 e. The third kappa shape index (κ3) is 4.09. The van der Waals surface area contributed by atoms with Gasteiger partial charge in [-0.2, -0.15) is 0 Å². The molecule has 0 radical (unpaired) electrons. The van der Waals surface area contributed by atoms with Gasteiger partial charge in [-0.3, -0.25) is 9.10 Å². The van der Waals surface area contributed by atoms with Crippen molar-refractivity contribution in [1.29, 1.82) is 0 Å². The average Bonchev–Trinajstić information content (AvgIpc) is 2.44. The summed E-state index contributed by atoms with van der Waals surface area (Å²) in [5.74, 6) is 0.253. The molecule has 0 aliphatic carbocycles. The number of amides is 1. The van der Waals surface area contributed by atoms with Gasteiger partial charge in [-0.05, 0) is 31.0 Å². The van der Waals surface area contributed by atoms with Crippen molar-refractivity contribution in [2.24, 2.45) is 5.92 Å². The van der Waals surface area contributed by atoms with Gasteiger partial charge in [0.1, 0.15) is 5.75 Å². The Morgan fingerprint density at radius 2 is 2.04 bits per heavy atom. The summed E-state index contributed by atoms with van der Waals surface area (Å²) in [5.41, 5.74) is 0.348. The highest BCUT2D eigenvalue weighted by atomic mass is 35.5. The molecule has 0 saturated carbocycles. The summed E-state index contributed by atoms with van der Waals surface area (Å²) < 4.78 is 30.9. The van der Waals surface area contributed by atoms with Crippen LogP contribution in [0.25, 0.3) is 0 Å². The summed E-state index contributed by atoms with van der Waals surface area (Å²) in [7, 11) is -3.55. The zero-order chi connectivity index (χ0) is 17.4. The van der Waals surface area contributed by atoms with Crippen LogP contribution in [-0.2, 0) is 14.8 Å². The van der Waals surface area contributed by atoms with Gasteiger partial charge < -0.3 is 10.1 Å². The lowest BCUT2D eigenvalue weighted by molar-refractivity contribution is -0.128. The fourth-order valence-electron chi connectivity index (χ4n) is 2.16. The van der Waals surface area contributed by atoms with E-state index >= 15 is 0 Å². The van der Waals surface area contributed by atoms with Crippen molar-refractivity contribution in [3.8, 4) is 5.75 Å². The summed E-state index contributed by atoms with van der Waals surface area (Å²) in [6, 6.07) is 4.64. The largest absolute Gasteiger partial charge is 0.476 e. The Hall–Kier alpha value is -1.47. The Labute approximate surface area is 141 Å². The molecule has 1 N–H and O–H groups in total. The normalized spacial score (nSPS) is 19.0. The number of anilines is 1. The van der Waals surface area contributed by atoms with Gasteiger partial charge >= 0.3 is 0 Å². The molecule has 128 valence electrons. The number of halogens is 1. The lowest BCUT2D eigenvalue weighted by atomic mass is 10.1. The maximum Gasteiger partial charge on any atom is 0.263 e. The van der Waals surface area contributed by atoms with E-state index in [2.05, 4.69) is 5.32 Å². The second kappa shape index (κ2) is 6.57. The molecular weight excluding hydrogens is 340 g/mol. The number of rotatable bonds is 4. The minimum atomic E-state index is -3.55. The molecule has 6 nitrogen and oxygen atoms in total. The number of benzene rings is 1. The van der Waals surface area contributed by atoms with Gasteiger partial charge in [-0.25, -0.2) is 8.42 Å². The third-order valence-corrected chi connectivity index (χ3v) is 5.23. The Balaban J connectivity index is 2.30. The molecule has 2 unspecified atom stereocenters. The first kappa shape index (κ1) is 17.9. The fourth-order valence-corrected chi connectivity index (χ4v) is 3.23. The first-order chi connectivity index (χ1) is 10.6. The van der Waals surface area contributed by atoms with Gasteiger partial charge in [-0.1, -0.05) is 25.4 Å². The van der Waals surface area contributed by atoms with Crippen LogP contribution in [0.1, 0.15) is 20.8 Å². The van der Waals surface area contributed by atoms with E-state index in [0.717, 1.165) is 10.6 Å². The zero-order valence-corrected chi connectivity index (χ0v) is 15.1. The summed E-state index contributed by atoms with van der Waals surface area (Å²) in [4.78, 5) is 12.4. The van der Waals surface area contributed by atoms with Gasteiger partial charge in [0, 0.05) is 11.1 Å². The summed E-state index contributed by atoms with van der Waals surface area (Å²) in [5, 5.41) is 3.25. The van der Waals surface area contributed by atoms with Crippen LogP contribution in [0.15, 0.2) is 18.2 Å². The number of ether oxygens (including phenoxy) is 1. The zero-order valence-electron chi connectivity index (χ0n) is 13.5. The van der Waals surface area contributed by atoms with E-state index in [4.69, 9.17) is 16.3 Å². The Bertz CT molecular complexity index is 705. The van der Waals surface area contributed by atoms with E-state index in [1.807, 2.05) is 20.8 Å². The quantitative estimate of drug-likeness (QED) is 0.891. The minimum absolute atomic E-state index is 0.0376. The van der Waals surface area contributed by atoms with Crippen molar-refractivity contribution < 1.29 is 17.9 Å². The monoisotopic (exact) mass is 360 g/mol. The number of fused-ring (bicyclic) bond motifs is 1. The number of hydrogen-bond acceptors (Lipinski definition) is 4. The molecule has 0 bridgehead atoms. The van der Waals surface area contributed by atoms with Crippen molar-refractivity contribution in [2.45, 2.75) is 32.9 Å². The van der Waals surface area contributed by atoms with Crippen LogP contribution in [0.4, 0.5) is 5.69 Å². The molecule has 0 aromatic heterocycles. The van der Waals surface area contributed by atoms with E-state index in [9.17, 15) is 13.2 Å². The van der Waals surface area contributed by atoms with Gasteiger partial charge in [0.25, 0.3) is 5.91 Å². The van der Waals surface area contributed by atoms with Gasteiger partial charge in [0.15, 0.2) is 6.10 Å². The number of hydrogen-bond donors (Lipinski definition) is 1. The van der Waals surface area contributed by atoms with Crippen LogP contribution in [0.3, 0.4) is 0 Å². The van der Waals surface area contributed by atoms with E-state index < -0.39 is 16.1 Å². The van der Waals surface area contributed by atoms with E-state index in [1.54, 1.807) is 12.1 Å². The molecule has 23 heavy (non-hydrogen) atoms. The van der Waals surface area contributed by atoms with E-state index in [0.29, 0.717) is 16.5 Å². The number of sulfonamides is 1. The number of carbonyl (C=O) groups excluding carboxylic acids is 1. The number of nitrogens with one attached hydrogen (secondary N) is 1. The van der Waals surface area contributed by atoms with Crippen molar-refractivity contribution in [3.05, 3.63) is 23.2 Å². The maximum absolute atomic E-state index is 12.4. The van der Waals surface area contributed by atoms with Crippen LogP contribution in [0, 0.1) is 5.92 Å². The second-order valence-electron chi connectivity index (χ2n) is 6.05. The van der Waals surface area contributed by atoms with E-state index in [-0.39, 0.29) is 24.4 Å². The van der Waals surface area contributed by atoms with E-state index in [1.165, 1.54) is 6.07 Å². The third-order valence-electron chi connectivity index (χ3n) is 3.85. The van der Waals surface area contributed by atoms with Gasteiger partial charge in [-0.15, -0.1) is 0 Å². The fraction of sp³-hybridized carbons (Fsp3) is 0.533. The van der Waals surface area contributed by atoms with Crippen molar-refractivity contribution in [3.63, 3.8) is 0 Å². The lowest BCUT2D eigenvalue weighted by Crippen LogP contribution is -2.52. The first-order valence-electron chi connectivity index (χ1n) is 7.34. The lowest BCUT2D eigenvalue weighted by Gasteiger charge is -2.34. The van der Waals surface area contributed by atoms with Crippen LogP contribution in [-0.4, -0.2) is 39.3 Å². The maximum atomic E-state index is 12.4. The first-order valence-corrected chi connectivity index (χ1v) is 9.56. The number of nitrogens with zero attached hydrogens (tertiary/aromatic N) is 1. The standard InChI is InChI=1S/C15H21ClN2O4S/c1-9(2)10(3)17-15(19)14-8-18(23(4,20)21)12-7-11(16)5-6-13(12)22-14/h5-7,9-10,14H,8H2,1-4H3,(H,17,19). The highest BCUT2D eigenvalue weighted by molar-refractivity contribution is 7.92. The Morgan fingerprint density at radius 1 is 1.39 bits per heavy atom. The molecule has 1 amide bonds. The molecule has 8 heteroatoms. The van der Waals surface area contributed by atoms with Crippen molar-refractivity contribution in [2.75, 3.05) is 17.1 Å². The molecule has 0 saturated heterocycles. The topological polar surface area (TPSA) is 75.7 Å². The van der Waals surface area contributed by atoms with Crippen LogP contribution in [0.5, 0.6) is 5.75 Å². The van der Waals surface area contributed by atoms with Crippen molar-refractivity contribution >= 4 is 33.2 Å². The summed E-state index contributed by atoms with van der Waals surface area (Å²) >= 11 is 5.94. The Kier molecular flexibility index (Phi) is 5.10. The number of carbonyl (C=O) groups is 1. The second-order valence-corrected chi connectivity index (χ2v) is 8.40. The van der Waals surface area contributed by atoms with Crippen LogP contribution >= 0.6 is 11.6 Å². The molecular formula is C15H21ClN2O4S. The molecule has 1 aliphatic heterocycles. The summed E-state index contributed by atoms with van der Waals surface area (Å²) in [6.45, 7) is 5.80. The Morgan fingerprint density at radius 3 is 2.61 bits per heavy atom. The summed E-state index contributed by atoms with van der Waals surface area (Å²) in [6.07, 6.45) is 0.189. The van der Waals surface area contributed by atoms with Crippen LogP contribution in [0.2, 0.25) is 5.02 Å². The molecule has 1 heterocycles. The molecule has 1 aliphatic rings. The highest BCUT2D eigenvalue weighted by Crippen LogP contribution is 2.37. The molecule has 1 aromatic carbocycles. The average molecular weight is 361 g/mol. The van der Waals surface area contributed by atoms with Gasteiger partial charge in [0.2, 0.25) is 10.0 Å². The SMILES string of the molecule is CC(C)C(C)NC(=O)C1CN(S(C)(=O)=O)c2cc(Cl)ccc2O1. The van der Waals surface area contributed by atoms with Crippen LogP contribution < -0.4 is 14.4 Å². The van der Waals surface area contributed by atoms with Gasteiger partial charge in [0.05, 0.1) is 18.5 Å². The molecule has 0 spiro atoms. The highest BCUT2D eigenvalue weighted by Gasteiger charge is 2.35. The molecule has 2 rings (SSSR count). The molecule has 1 aromatic rings. The molecule has 0 fully saturated rings. The van der Waals surface area contributed by atoms with Crippen molar-refractivity contribution in [1.82, 2.24) is 5.32 Å². The smallest absolute Gasteiger partial charge is 0.263 e. The predicted octanol–water partition coefficient (Wildman–Crippen LogP) is 2.03. The predicted molar refractivity (Wildman–Crippen MR) is 90.5 cm³/mol.